The van der Waals surface area contributed by atoms with Crippen molar-refractivity contribution in [1.82, 2.24) is 15.1 Å². The minimum absolute atomic E-state index is 0.241. The Morgan fingerprint density at radius 3 is 2.26 bits per heavy atom. The van der Waals surface area contributed by atoms with Crippen molar-refractivity contribution in [3.05, 3.63) is 35.4 Å². The number of halogens is 2. The molecule has 0 spiro atoms. The summed E-state index contributed by atoms with van der Waals surface area (Å²) < 4.78 is 27.4. The topological polar surface area (TPSA) is 90.0 Å². The van der Waals surface area contributed by atoms with Gasteiger partial charge in [0.2, 0.25) is 11.8 Å². The molecule has 0 aliphatic carbocycles. The Kier molecular flexibility index (Phi) is 5.57. The van der Waals surface area contributed by atoms with E-state index in [0.29, 0.717) is 38.8 Å². The molecular formula is C18H21F2N3O4. The largest absolute Gasteiger partial charge is 0.465 e. The van der Waals surface area contributed by atoms with E-state index >= 15 is 0 Å². The second kappa shape index (κ2) is 7.89. The second-order valence-corrected chi connectivity index (χ2v) is 6.74. The fourth-order valence-electron chi connectivity index (χ4n) is 3.74. The monoisotopic (exact) mass is 381 g/mol. The Hall–Kier alpha value is -2.71. The summed E-state index contributed by atoms with van der Waals surface area (Å²) in [6.07, 6.45) is 0.909. The second-order valence-electron chi connectivity index (χ2n) is 6.74. The molecule has 3 rings (SSSR count). The number of likely N-dealkylation sites (tertiary alicyclic amines) is 2. The first-order valence-corrected chi connectivity index (χ1v) is 8.90. The molecule has 2 aliphatic rings. The van der Waals surface area contributed by atoms with Gasteiger partial charge < -0.3 is 15.3 Å². The number of hydrogen-bond donors (Lipinski definition) is 2. The predicted octanol–water partition coefficient (Wildman–Crippen LogP) is 1.71. The Labute approximate surface area is 154 Å². The van der Waals surface area contributed by atoms with Gasteiger partial charge in [-0.05, 0) is 37.8 Å². The van der Waals surface area contributed by atoms with Gasteiger partial charge in [-0.15, -0.1) is 0 Å². The van der Waals surface area contributed by atoms with Crippen LogP contribution in [-0.2, 0) is 16.1 Å². The molecule has 2 N–H and O–H groups in total. The number of nitrogens with one attached hydrogen (secondary N) is 1. The molecule has 2 saturated heterocycles. The van der Waals surface area contributed by atoms with E-state index < -0.39 is 35.7 Å². The molecule has 0 radical (unpaired) electrons. The summed E-state index contributed by atoms with van der Waals surface area (Å²) in [6, 6.07) is 1.92. The summed E-state index contributed by atoms with van der Waals surface area (Å²) in [5, 5.41) is 11.7. The van der Waals surface area contributed by atoms with Crippen LogP contribution in [0, 0.1) is 11.6 Å². The zero-order valence-electron chi connectivity index (χ0n) is 14.7. The van der Waals surface area contributed by atoms with Crippen molar-refractivity contribution in [3.63, 3.8) is 0 Å². The number of rotatable bonds is 4. The third-order valence-corrected chi connectivity index (χ3v) is 5.12. The van der Waals surface area contributed by atoms with E-state index in [1.165, 1.54) is 11.0 Å². The van der Waals surface area contributed by atoms with Crippen LogP contribution in [0.15, 0.2) is 18.2 Å². The minimum atomic E-state index is -1.15. The van der Waals surface area contributed by atoms with Crippen molar-refractivity contribution in [2.45, 2.75) is 44.3 Å². The summed E-state index contributed by atoms with van der Waals surface area (Å²) in [7, 11) is 0. The van der Waals surface area contributed by atoms with Gasteiger partial charge in [0.05, 0.1) is 0 Å². The number of amides is 3. The lowest BCUT2D eigenvalue weighted by Crippen LogP contribution is -2.52. The molecule has 2 fully saturated rings. The SMILES string of the molecule is O=C(NCc1c(F)cccc1F)C1CCCN1C(=O)C1CCCN1C(=O)O. The number of benzene rings is 1. The van der Waals surface area contributed by atoms with Crippen LogP contribution in [0.25, 0.3) is 0 Å². The van der Waals surface area contributed by atoms with Crippen LogP contribution >= 0.6 is 0 Å². The normalized spacial score (nSPS) is 22.1. The van der Waals surface area contributed by atoms with Gasteiger partial charge in [0.1, 0.15) is 23.7 Å². The molecule has 1 aromatic rings. The van der Waals surface area contributed by atoms with E-state index in [0.717, 1.165) is 17.0 Å². The van der Waals surface area contributed by atoms with Crippen LogP contribution in [0.3, 0.4) is 0 Å². The molecule has 0 saturated carbocycles. The molecule has 3 amide bonds. The first-order valence-electron chi connectivity index (χ1n) is 8.90. The van der Waals surface area contributed by atoms with Crippen molar-refractivity contribution >= 4 is 17.9 Å². The quantitative estimate of drug-likeness (QED) is 0.831. The van der Waals surface area contributed by atoms with Crippen molar-refractivity contribution < 1.29 is 28.3 Å². The average molecular weight is 381 g/mol. The maximum Gasteiger partial charge on any atom is 0.407 e. The Balaban J connectivity index is 1.66. The minimum Gasteiger partial charge on any atom is -0.465 e. The van der Waals surface area contributed by atoms with E-state index in [-0.39, 0.29) is 18.0 Å². The smallest absolute Gasteiger partial charge is 0.407 e. The van der Waals surface area contributed by atoms with Gasteiger partial charge in [0, 0.05) is 25.2 Å². The van der Waals surface area contributed by atoms with Gasteiger partial charge in [-0.3, -0.25) is 14.5 Å². The maximum atomic E-state index is 13.7. The molecule has 7 nitrogen and oxygen atoms in total. The number of hydrogen-bond acceptors (Lipinski definition) is 3. The lowest BCUT2D eigenvalue weighted by atomic mass is 10.1. The van der Waals surface area contributed by atoms with Crippen LogP contribution in [0.2, 0.25) is 0 Å². The molecule has 0 aromatic heterocycles. The van der Waals surface area contributed by atoms with E-state index in [9.17, 15) is 28.3 Å². The number of carbonyl (C=O) groups excluding carboxylic acids is 2. The van der Waals surface area contributed by atoms with Crippen LogP contribution in [-0.4, -0.2) is 58.0 Å². The standard InChI is InChI=1S/C18H21F2N3O4/c19-12-4-1-5-13(20)11(12)10-21-16(24)14-6-2-8-22(14)17(25)15-7-3-9-23(15)18(26)27/h1,4-5,14-15H,2-3,6-10H2,(H,21,24)(H,26,27). The first kappa shape index (κ1) is 19.1. The summed E-state index contributed by atoms with van der Waals surface area (Å²) >= 11 is 0. The van der Waals surface area contributed by atoms with Crippen LogP contribution in [0.1, 0.15) is 31.2 Å². The highest BCUT2D eigenvalue weighted by atomic mass is 19.1. The summed E-state index contributed by atoms with van der Waals surface area (Å²) in [4.78, 5) is 39.1. The molecule has 2 aliphatic heterocycles. The first-order chi connectivity index (χ1) is 12.9. The van der Waals surface area contributed by atoms with Gasteiger partial charge in [-0.1, -0.05) is 6.07 Å². The lowest BCUT2D eigenvalue weighted by Gasteiger charge is -2.29. The molecule has 1 aromatic carbocycles. The molecule has 2 atom stereocenters. The van der Waals surface area contributed by atoms with E-state index in [1.807, 2.05) is 0 Å². The summed E-state index contributed by atoms with van der Waals surface area (Å²) in [5.41, 5.74) is -0.241. The van der Waals surface area contributed by atoms with E-state index in [1.54, 1.807) is 0 Å². The molecule has 9 heteroatoms. The highest BCUT2D eigenvalue weighted by Gasteiger charge is 2.42. The van der Waals surface area contributed by atoms with Crippen LogP contribution in [0.4, 0.5) is 13.6 Å². The molecule has 27 heavy (non-hydrogen) atoms. The molecule has 2 unspecified atom stereocenters. The number of carbonyl (C=O) groups is 3. The van der Waals surface area contributed by atoms with Crippen LogP contribution < -0.4 is 5.32 Å². The van der Waals surface area contributed by atoms with Gasteiger partial charge in [-0.2, -0.15) is 0 Å². The Morgan fingerprint density at radius 1 is 1.04 bits per heavy atom. The number of nitrogens with zero attached hydrogens (tertiary/aromatic N) is 2. The zero-order chi connectivity index (χ0) is 19.6. The van der Waals surface area contributed by atoms with Crippen molar-refractivity contribution in [2.75, 3.05) is 13.1 Å². The van der Waals surface area contributed by atoms with Crippen molar-refractivity contribution in [1.29, 1.82) is 0 Å². The van der Waals surface area contributed by atoms with Gasteiger partial charge in [0.15, 0.2) is 0 Å². The molecular weight excluding hydrogens is 360 g/mol. The van der Waals surface area contributed by atoms with Gasteiger partial charge in [-0.25, -0.2) is 13.6 Å². The van der Waals surface area contributed by atoms with E-state index in [2.05, 4.69) is 5.32 Å². The third kappa shape index (κ3) is 3.86. The summed E-state index contributed by atoms with van der Waals surface area (Å²) in [6.45, 7) is 0.332. The highest BCUT2D eigenvalue weighted by Crippen LogP contribution is 2.25. The lowest BCUT2D eigenvalue weighted by molar-refractivity contribution is -0.141. The van der Waals surface area contributed by atoms with Gasteiger partial charge in [0.25, 0.3) is 0 Å². The van der Waals surface area contributed by atoms with E-state index in [4.69, 9.17) is 0 Å². The van der Waals surface area contributed by atoms with Crippen molar-refractivity contribution in [2.24, 2.45) is 0 Å². The molecule has 146 valence electrons. The Morgan fingerprint density at radius 2 is 1.63 bits per heavy atom. The predicted molar refractivity (Wildman–Crippen MR) is 90.7 cm³/mol. The zero-order valence-corrected chi connectivity index (χ0v) is 14.7. The Bertz CT molecular complexity index is 738. The van der Waals surface area contributed by atoms with Crippen LogP contribution in [0.5, 0.6) is 0 Å². The number of carboxylic acid groups (broad SMARTS) is 1. The summed E-state index contributed by atoms with van der Waals surface area (Å²) in [5.74, 6) is -2.39. The van der Waals surface area contributed by atoms with Gasteiger partial charge >= 0.3 is 6.09 Å². The highest BCUT2D eigenvalue weighted by molar-refractivity contribution is 5.92. The fourth-order valence-corrected chi connectivity index (χ4v) is 3.74. The maximum absolute atomic E-state index is 13.7. The molecule has 2 heterocycles. The molecule has 0 bridgehead atoms. The average Bonchev–Trinajstić information content (AvgIpc) is 3.30. The fraction of sp³-hybridized carbons (Fsp3) is 0.500. The third-order valence-electron chi connectivity index (χ3n) is 5.12. The van der Waals surface area contributed by atoms with Crippen molar-refractivity contribution in [3.8, 4) is 0 Å².